The number of morpholine rings is 1. The highest BCUT2D eigenvalue weighted by molar-refractivity contribution is 8.00. The van der Waals surface area contributed by atoms with Gasteiger partial charge in [0.2, 0.25) is 0 Å². The van der Waals surface area contributed by atoms with Gasteiger partial charge in [-0.05, 0) is 61.2 Å². The first-order valence-electron chi connectivity index (χ1n) is 13.5. The maximum Gasteiger partial charge on any atom is 0.261 e. The minimum Gasteiger partial charge on any atom is -0.378 e. The van der Waals surface area contributed by atoms with Crippen molar-refractivity contribution in [3.05, 3.63) is 77.3 Å². The Morgan fingerprint density at radius 2 is 1.90 bits per heavy atom. The molecule has 0 atom stereocenters. The standard InChI is InChI=1S/C30H29N5O2S2/c36-30(32-22-8-9-22)26-18-21-11-13-35(25-6-2-1-4-23(25)29(21)38-26)39-28-7-3-5-24(33-28)20-10-12-31-27(19-20)34-14-16-37-17-15-34/h1-7,10,12,18-19,22H,8-9,11,13-17H2,(H,32,36). The van der Waals surface area contributed by atoms with Crippen LogP contribution in [0.2, 0.25) is 0 Å². The summed E-state index contributed by atoms with van der Waals surface area (Å²) >= 11 is 3.28. The minimum atomic E-state index is 0.0631. The summed E-state index contributed by atoms with van der Waals surface area (Å²) in [6.45, 7) is 4.00. The molecule has 1 amide bonds. The summed E-state index contributed by atoms with van der Waals surface area (Å²) in [6.07, 6.45) is 4.93. The number of amides is 1. The van der Waals surface area contributed by atoms with Crippen molar-refractivity contribution in [2.45, 2.75) is 30.3 Å². The molecular weight excluding hydrogens is 526 g/mol. The second-order valence-corrected chi connectivity index (χ2v) is 12.1. The van der Waals surface area contributed by atoms with Gasteiger partial charge in [0, 0.05) is 59.8 Å². The van der Waals surface area contributed by atoms with Gasteiger partial charge in [0.25, 0.3) is 5.91 Å². The molecule has 3 aliphatic rings. The molecular formula is C30H29N5O2S2. The first-order valence-corrected chi connectivity index (χ1v) is 15.0. The Morgan fingerprint density at radius 1 is 1.03 bits per heavy atom. The van der Waals surface area contributed by atoms with Crippen LogP contribution in [0.3, 0.4) is 0 Å². The van der Waals surface area contributed by atoms with E-state index in [-0.39, 0.29) is 5.91 Å². The van der Waals surface area contributed by atoms with Crippen LogP contribution in [0.4, 0.5) is 11.5 Å². The number of ether oxygens (including phenoxy) is 1. The summed E-state index contributed by atoms with van der Waals surface area (Å²) in [5, 5.41) is 4.08. The lowest BCUT2D eigenvalue weighted by Gasteiger charge is -2.28. The molecule has 1 saturated carbocycles. The number of hydrogen-bond donors (Lipinski definition) is 1. The number of nitrogens with zero attached hydrogens (tertiary/aromatic N) is 4. The van der Waals surface area contributed by atoms with Crippen molar-refractivity contribution in [1.82, 2.24) is 15.3 Å². The lowest BCUT2D eigenvalue weighted by molar-refractivity contribution is 0.0955. The Hall–Kier alpha value is -3.40. The number of carbonyl (C=O) groups is 1. The third kappa shape index (κ3) is 5.26. The summed E-state index contributed by atoms with van der Waals surface area (Å²) in [4.78, 5) is 26.6. The monoisotopic (exact) mass is 555 g/mol. The van der Waals surface area contributed by atoms with Crippen LogP contribution >= 0.6 is 23.3 Å². The van der Waals surface area contributed by atoms with Crippen LogP contribution < -0.4 is 14.5 Å². The van der Waals surface area contributed by atoms with E-state index in [9.17, 15) is 4.79 Å². The van der Waals surface area contributed by atoms with E-state index in [0.717, 1.165) is 84.8 Å². The van der Waals surface area contributed by atoms with Crippen molar-refractivity contribution < 1.29 is 9.53 Å². The fourth-order valence-corrected chi connectivity index (χ4v) is 7.13. The van der Waals surface area contributed by atoms with Gasteiger partial charge in [0.15, 0.2) is 0 Å². The molecule has 4 aromatic rings. The van der Waals surface area contributed by atoms with Gasteiger partial charge in [-0.15, -0.1) is 11.3 Å². The number of carbonyl (C=O) groups excluding carboxylic acids is 1. The van der Waals surface area contributed by atoms with Gasteiger partial charge in [0.05, 0.1) is 29.5 Å². The Morgan fingerprint density at radius 3 is 2.77 bits per heavy atom. The Balaban J connectivity index is 1.14. The van der Waals surface area contributed by atoms with Crippen molar-refractivity contribution in [2.24, 2.45) is 0 Å². The molecule has 0 spiro atoms. The first kappa shape index (κ1) is 24.6. The summed E-state index contributed by atoms with van der Waals surface area (Å²) < 4.78 is 7.84. The van der Waals surface area contributed by atoms with Crippen LogP contribution in [-0.2, 0) is 11.2 Å². The van der Waals surface area contributed by atoms with Gasteiger partial charge < -0.3 is 19.3 Å². The predicted molar refractivity (Wildman–Crippen MR) is 158 cm³/mol. The van der Waals surface area contributed by atoms with Crippen molar-refractivity contribution in [1.29, 1.82) is 0 Å². The number of anilines is 2. The summed E-state index contributed by atoms with van der Waals surface area (Å²) in [5.41, 5.74) is 5.57. The van der Waals surface area contributed by atoms with Crippen LogP contribution in [0.5, 0.6) is 0 Å². The molecule has 7 rings (SSSR count). The lowest BCUT2D eigenvalue weighted by atomic mass is 10.1. The Bertz CT molecular complexity index is 1510. The topological polar surface area (TPSA) is 70.6 Å². The second kappa shape index (κ2) is 10.6. The molecule has 3 aromatic heterocycles. The summed E-state index contributed by atoms with van der Waals surface area (Å²) in [7, 11) is 0. The van der Waals surface area contributed by atoms with E-state index in [4.69, 9.17) is 9.72 Å². The van der Waals surface area contributed by atoms with Crippen molar-refractivity contribution >= 4 is 40.7 Å². The van der Waals surface area contributed by atoms with Crippen LogP contribution in [0.1, 0.15) is 28.1 Å². The zero-order valence-electron chi connectivity index (χ0n) is 21.5. The molecule has 1 aliphatic carbocycles. The fourth-order valence-electron chi connectivity index (χ4n) is 5.04. The maximum atomic E-state index is 12.7. The van der Waals surface area contributed by atoms with Gasteiger partial charge in [-0.25, -0.2) is 9.97 Å². The Kier molecular flexibility index (Phi) is 6.72. The van der Waals surface area contributed by atoms with Crippen molar-refractivity contribution in [3.63, 3.8) is 0 Å². The molecule has 5 heterocycles. The molecule has 1 N–H and O–H groups in total. The van der Waals surface area contributed by atoms with E-state index >= 15 is 0 Å². The largest absolute Gasteiger partial charge is 0.378 e. The number of hydrogen-bond acceptors (Lipinski definition) is 8. The predicted octanol–water partition coefficient (Wildman–Crippen LogP) is 5.67. The molecule has 0 radical (unpaired) electrons. The SMILES string of the molecule is O=C(NC1CC1)c1cc2c(s1)-c1ccccc1N(Sc1cccc(-c3ccnc(N4CCOCC4)c3)n1)CC2. The molecule has 1 saturated heterocycles. The van der Waals surface area contributed by atoms with Gasteiger partial charge >= 0.3 is 0 Å². The normalized spacial score (nSPS) is 16.8. The zero-order chi connectivity index (χ0) is 26.2. The number of pyridine rings is 2. The van der Waals surface area contributed by atoms with Gasteiger partial charge in [-0.1, -0.05) is 24.3 Å². The minimum absolute atomic E-state index is 0.0631. The van der Waals surface area contributed by atoms with E-state index in [0.29, 0.717) is 6.04 Å². The maximum absolute atomic E-state index is 12.7. The van der Waals surface area contributed by atoms with E-state index < -0.39 is 0 Å². The van der Waals surface area contributed by atoms with Gasteiger partial charge in [-0.2, -0.15) is 0 Å². The third-order valence-corrected chi connectivity index (χ3v) is 9.47. The van der Waals surface area contributed by atoms with Crippen LogP contribution in [0.15, 0.2) is 71.9 Å². The van der Waals surface area contributed by atoms with Crippen molar-refractivity contribution in [2.75, 3.05) is 42.1 Å². The van der Waals surface area contributed by atoms with Crippen LogP contribution in [0, 0.1) is 0 Å². The highest BCUT2D eigenvalue weighted by Crippen LogP contribution is 2.44. The lowest BCUT2D eigenvalue weighted by Crippen LogP contribution is -2.36. The van der Waals surface area contributed by atoms with Crippen LogP contribution in [-0.4, -0.2) is 54.8 Å². The number of para-hydroxylation sites is 1. The van der Waals surface area contributed by atoms with E-state index in [1.165, 1.54) is 16.0 Å². The van der Waals surface area contributed by atoms with Gasteiger partial charge in [-0.3, -0.25) is 4.79 Å². The average Bonchev–Trinajstić information content (AvgIpc) is 3.73. The number of benzene rings is 1. The highest BCUT2D eigenvalue weighted by Gasteiger charge is 2.28. The number of fused-ring (bicyclic) bond motifs is 3. The third-order valence-electron chi connectivity index (χ3n) is 7.25. The van der Waals surface area contributed by atoms with E-state index in [2.05, 4.69) is 74.1 Å². The number of aromatic nitrogens is 2. The number of rotatable bonds is 6. The summed E-state index contributed by atoms with van der Waals surface area (Å²) in [6, 6.07) is 21.3. The number of nitrogens with one attached hydrogen (secondary N) is 1. The van der Waals surface area contributed by atoms with Crippen LogP contribution in [0.25, 0.3) is 21.7 Å². The highest BCUT2D eigenvalue weighted by atomic mass is 32.2. The van der Waals surface area contributed by atoms with E-state index in [1.807, 2.05) is 12.3 Å². The summed E-state index contributed by atoms with van der Waals surface area (Å²) in [5.74, 6) is 1.03. The molecule has 7 nitrogen and oxygen atoms in total. The van der Waals surface area contributed by atoms with Crippen molar-refractivity contribution in [3.8, 4) is 21.7 Å². The average molecular weight is 556 g/mol. The smallest absolute Gasteiger partial charge is 0.261 e. The molecule has 2 fully saturated rings. The number of thiophene rings is 1. The molecule has 39 heavy (non-hydrogen) atoms. The molecule has 1 aromatic carbocycles. The molecule has 0 bridgehead atoms. The zero-order valence-corrected chi connectivity index (χ0v) is 23.1. The fraction of sp³-hybridized carbons (Fsp3) is 0.300. The molecule has 2 aliphatic heterocycles. The molecule has 9 heteroatoms. The Labute approximate surface area is 236 Å². The van der Waals surface area contributed by atoms with Gasteiger partial charge in [0.1, 0.15) is 10.8 Å². The second-order valence-electron chi connectivity index (χ2n) is 10.0. The quantitative estimate of drug-likeness (QED) is 0.308. The van der Waals surface area contributed by atoms with E-state index in [1.54, 1.807) is 23.3 Å². The molecule has 198 valence electrons. The molecule has 0 unspecified atom stereocenters. The first-order chi connectivity index (χ1) is 19.2.